The van der Waals surface area contributed by atoms with E-state index in [4.69, 9.17) is 0 Å². The molecule has 1 saturated carbocycles. The fraction of sp³-hybridized carbons (Fsp3) is 0.478. The van der Waals surface area contributed by atoms with Crippen LogP contribution in [0.2, 0.25) is 0 Å². The standard InChI is InChI=1S/C23H30FNO/c1-25(2)22(18-20-7-4-3-5-8-20)13-15-23(26,16-14-22)12-11-19-9-6-10-21(24)17-19/h3-10,17,26H,11-16,18H2,1-2H3. The van der Waals surface area contributed by atoms with Crippen molar-refractivity contribution in [3.05, 3.63) is 71.5 Å². The molecule has 0 aromatic heterocycles. The Balaban J connectivity index is 1.63. The van der Waals surface area contributed by atoms with Crippen molar-refractivity contribution in [1.29, 1.82) is 0 Å². The van der Waals surface area contributed by atoms with Crippen LogP contribution in [0.15, 0.2) is 54.6 Å². The number of hydrogen-bond acceptors (Lipinski definition) is 2. The van der Waals surface area contributed by atoms with Gasteiger partial charge in [0.1, 0.15) is 5.82 Å². The summed E-state index contributed by atoms with van der Waals surface area (Å²) in [5.41, 5.74) is 1.79. The lowest BCUT2D eigenvalue weighted by Crippen LogP contribution is -2.52. The third kappa shape index (κ3) is 4.52. The number of aliphatic hydroxyl groups is 1. The summed E-state index contributed by atoms with van der Waals surface area (Å²) in [4.78, 5) is 2.34. The van der Waals surface area contributed by atoms with Gasteiger partial charge in [0.15, 0.2) is 0 Å². The summed E-state index contributed by atoms with van der Waals surface area (Å²) in [7, 11) is 4.31. The van der Waals surface area contributed by atoms with Gasteiger partial charge < -0.3 is 10.0 Å². The molecule has 0 amide bonds. The first-order chi connectivity index (χ1) is 12.4. The average Bonchev–Trinajstić information content (AvgIpc) is 2.63. The van der Waals surface area contributed by atoms with E-state index in [2.05, 4.69) is 49.3 Å². The SMILES string of the molecule is CN(C)C1(Cc2ccccc2)CCC(O)(CCc2cccc(F)c2)CC1. The van der Waals surface area contributed by atoms with Crippen LogP contribution in [-0.2, 0) is 12.8 Å². The lowest BCUT2D eigenvalue weighted by Gasteiger charge is -2.48. The smallest absolute Gasteiger partial charge is 0.123 e. The normalized spacial score (nSPS) is 26.2. The minimum absolute atomic E-state index is 0.104. The van der Waals surface area contributed by atoms with Gasteiger partial charge in [-0.2, -0.15) is 0 Å². The Morgan fingerprint density at radius 1 is 0.923 bits per heavy atom. The number of nitrogens with zero attached hydrogens (tertiary/aromatic N) is 1. The monoisotopic (exact) mass is 355 g/mol. The number of likely N-dealkylation sites (N-methyl/N-ethyl adjacent to an activating group) is 1. The molecule has 0 aliphatic heterocycles. The summed E-state index contributed by atoms with van der Waals surface area (Å²) >= 11 is 0. The summed E-state index contributed by atoms with van der Waals surface area (Å²) in [5.74, 6) is -0.201. The van der Waals surface area contributed by atoms with Crippen LogP contribution in [0.4, 0.5) is 4.39 Å². The molecule has 140 valence electrons. The first-order valence-corrected chi connectivity index (χ1v) is 9.59. The lowest BCUT2D eigenvalue weighted by atomic mass is 9.69. The largest absolute Gasteiger partial charge is 0.390 e. The fourth-order valence-electron chi connectivity index (χ4n) is 4.26. The van der Waals surface area contributed by atoms with Crippen molar-refractivity contribution in [2.75, 3.05) is 14.1 Å². The molecule has 0 unspecified atom stereocenters. The average molecular weight is 355 g/mol. The maximum absolute atomic E-state index is 13.4. The zero-order valence-electron chi connectivity index (χ0n) is 15.9. The molecule has 0 spiro atoms. The summed E-state index contributed by atoms with van der Waals surface area (Å²) in [5, 5.41) is 11.1. The van der Waals surface area contributed by atoms with Crippen molar-refractivity contribution in [3.8, 4) is 0 Å². The van der Waals surface area contributed by atoms with Crippen molar-refractivity contribution in [1.82, 2.24) is 4.90 Å². The molecule has 2 aromatic rings. The predicted octanol–water partition coefficient (Wildman–Crippen LogP) is 4.61. The van der Waals surface area contributed by atoms with Crippen LogP contribution in [-0.4, -0.2) is 35.2 Å². The van der Waals surface area contributed by atoms with E-state index < -0.39 is 5.60 Å². The van der Waals surface area contributed by atoms with Crippen molar-refractivity contribution >= 4 is 0 Å². The highest BCUT2D eigenvalue weighted by molar-refractivity contribution is 5.20. The minimum atomic E-state index is -0.636. The highest BCUT2D eigenvalue weighted by Crippen LogP contribution is 2.41. The van der Waals surface area contributed by atoms with E-state index in [0.717, 1.165) is 44.1 Å². The maximum atomic E-state index is 13.4. The van der Waals surface area contributed by atoms with Gasteiger partial charge in [0, 0.05) is 5.54 Å². The van der Waals surface area contributed by atoms with E-state index in [1.54, 1.807) is 12.1 Å². The van der Waals surface area contributed by atoms with E-state index in [0.29, 0.717) is 6.42 Å². The molecule has 0 radical (unpaired) electrons. The van der Waals surface area contributed by atoms with Crippen LogP contribution in [0.25, 0.3) is 0 Å². The van der Waals surface area contributed by atoms with Crippen molar-refractivity contribution in [3.63, 3.8) is 0 Å². The molecule has 0 atom stereocenters. The molecule has 0 heterocycles. The molecule has 2 aromatic carbocycles. The highest BCUT2D eigenvalue weighted by atomic mass is 19.1. The number of aryl methyl sites for hydroxylation is 1. The van der Waals surface area contributed by atoms with Gasteiger partial charge in [-0.3, -0.25) is 0 Å². The zero-order chi connectivity index (χ0) is 18.6. The van der Waals surface area contributed by atoms with Crippen molar-refractivity contribution in [2.24, 2.45) is 0 Å². The van der Waals surface area contributed by atoms with Gasteiger partial charge in [0.2, 0.25) is 0 Å². The third-order valence-electron chi connectivity index (χ3n) is 6.20. The van der Waals surface area contributed by atoms with E-state index in [9.17, 15) is 9.50 Å². The molecule has 26 heavy (non-hydrogen) atoms. The van der Waals surface area contributed by atoms with Gasteiger partial charge in [-0.1, -0.05) is 42.5 Å². The van der Waals surface area contributed by atoms with Crippen molar-refractivity contribution in [2.45, 2.75) is 56.1 Å². The second-order valence-electron chi connectivity index (χ2n) is 8.14. The highest BCUT2D eigenvalue weighted by Gasteiger charge is 2.42. The Morgan fingerprint density at radius 2 is 1.58 bits per heavy atom. The molecular weight excluding hydrogens is 325 g/mol. The lowest BCUT2D eigenvalue weighted by molar-refractivity contribution is -0.0490. The van der Waals surface area contributed by atoms with Gasteiger partial charge in [-0.25, -0.2) is 4.39 Å². The zero-order valence-corrected chi connectivity index (χ0v) is 15.9. The quantitative estimate of drug-likeness (QED) is 0.818. The van der Waals surface area contributed by atoms with Crippen LogP contribution in [0.5, 0.6) is 0 Å². The van der Waals surface area contributed by atoms with Crippen LogP contribution >= 0.6 is 0 Å². The number of rotatable bonds is 6. The van der Waals surface area contributed by atoms with E-state index in [-0.39, 0.29) is 11.4 Å². The third-order valence-corrected chi connectivity index (χ3v) is 6.20. The first kappa shape index (κ1) is 19.1. The molecular formula is C23H30FNO. The molecule has 0 bridgehead atoms. The van der Waals surface area contributed by atoms with Crippen LogP contribution in [0.1, 0.15) is 43.2 Å². The van der Waals surface area contributed by atoms with Crippen LogP contribution in [0.3, 0.4) is 0 Å². The second kappa shape index (κ2) is 7.89. The molecule has 3 heteroatoms. The Labute approximate surface area is 156 Å². The van der Waals surface area contributed by atoms with Gasteiger partial charge in [0.05, 0.1) is 5.60 Å². The van der Waals surface area contributed by atoms with E-state index in [1.807, 2.05) is 6.07 Å². The second-order valence-corrected chi connectivity index (χ2v) is 8.14. The van der Waals surface area contributed by atoms with E-state index in [1.165, 1.54) is 11.6 Å². The first-order valence-electron chi connectivity index (χ1n) is 9.59. The van der Waals surface area contributed by atoms with Gasteiger partial charge in [-0.05, 0) is 82.3 Å². The van der Waals surface area contributed by atoms with Gasteiger partial charge in [-0.15, -0.1) is 0 Å². The molecule has 1 aliphatic carbocycles. The number of benzene rings is 2. The number of halogens is 1. The molecule has 0 saturated heterocycles. The Hall–Kier alpha value is -1.71. The number of hydrogen-bond donors (Lipinski definition) is 1. The molecule has 3 rings (SSSR count). The minimum Gasteiger partial charge on any atom is -0.390 e. The van der Waals surface area contributed by atoms with E-state index >= 15 is 0 Å². The molecule has 1 N–H and O–H groups in total. The van der Waals surface area contributed by atoms with Gasteiger partial charge in [0.25, 0.3) is 0 Å². The summed E-state index contributed by atoms with van der Waals surface area (Å²) < 4.78 is 13.4. The fourth-order valence-corrected chi connectivity index (χ4v) is 4.26. The van der Waals surface area contributed by atoms with Crippen LogP contribution in [0, 0.1) is 5.82 Å². The molecule has 1 aliphatic rings. The Bertz CT molecular complexity index is 705. The Morgan fingerprint density at radius 3 is 2.19 bits per heavy atom. The maximum Gasteiger partial charge on any atom is 0.123 e. The summed E-state index contributed by atoms with van der Waals surface area (Å²) in [6, 6.07) is 17.3. The summed E-state index contributed by atoms with van der Waals surface area (Å²) in [6.07, 6.45) is 6.00. The summed E-state index contributed by atoms with van der Waals surface area (Å²) in [6.45, 7) is 0. The van der Waals surface area contributed by atoms with Crippen molar-refractivity contribution < 1.29 is 9.50 Å². The molecule has 2 nitrogen and oxygen atoms in total. The Kier molecular flexibility index (Phi) is 5.79. The topological polar surface area (TPSA) is 23.5 Å². The predicted molar refractivity (Wildman–Crippen MR) is 105 cm³/mol. The molecule has 1 fully saturated rings. The van der Waals surface area contributed by atoms with Crippen LogP contribution < -0.4 is 0 Å². The van der Waals surface area contributed by atoms with Gasteiger partial charge >= 0.3 is 0 Å².